The van der Waals surface area contributed by atoms with Gasteiger partial charge in [-0.15, -0.1) is 11.3 Å². The van der Waals surface area contributed by atoms with E-state index < -0.39 is 0 Å². The quantitative estimate of drug-likeness (QED) is 0.752. The van der Waals surface area contributed by atoms with Crippen LogP contribution in [0.25, 0.3) is 0 Å². The van der Waals surface area contributed by atoms with Crippen LogP contribution in [-0.4, -0.2) is 21.4 Å². The summed E-state index contributed by atoms with van der Waals surface area (Å²) in [6.07, 6.45) is 4.25. The first-order valence-corrected chi connectivity index (χ1v) is 8.94. The van der Waals surface area contributed by atoms with Crippen LogP contribution in [0.4, 0.5) is 0 Å². The Morgan fingerprint density at radius 3 is 2.86 bits per heavy atom. The highest BCUT2D eigenvalue weighted by molar-refractivity contribution is 9.10. The minimum absolute atomic E-state index is 0.144. The van der Waals surface area contributed by atoms with Gasteiger partial charge in [0.05, 0.1) is 6.54 Å². The summed E-state index contributed by atoms with van der Waals surface area (Å²) in [6.45, 7) is 4.93. The lowest BCUT2D eigenvalue weighted by Crippen LogP contribution is -2.33. The second-order valence-corrected chi connectivity index (χ2v) is 7.74. The van der Waals surface area contributed by atoms with Crippen molar-refractivity contribution < 1.29 is 4.79 Å². The molecule has 2 aromatic heterocycles. The van der Waals surface area contributed by atoms with Gasteiger partial charge in [-0.05, 0) is 60.1 Å². The highest BCUT2D eigenvalue weighted by Crippen LogP contribution is 2.32. The lowest BCUT2D eigenvalue weighted by atomic mass is 10.3. The molecule has 1 amide bonds. The maximum absolute atomic E-state index is 13.0. The molecule has 21 heavy (non-hydrogen) atoms. The minimum atomic E-state index is 0.144. The highest BCUT2D eigenvalue weighted by Gasteiger charge is 2.34. The maximum Gasteiger partial charge on any atom is 0.271 e. The molecule has 1 fully saturated rings. The van der Waals surface area contributed by atoms with E-state index in [1.165, 1.54) is 4.88 Å². The van der Waals surface area contributed by atoms with Crippen molar-refractivity contribution in [3.05, 3.63) is 44.8 Å². The molecule has 0 saturated heterocycles. The van der Waals surface area contributed by atoms with E-state index in [0.29, 0.717) is 6.04 Å². The van der Waals surface area contributed by atoms with Gasteiger partial charge >= 0.3 is 0 Å². The monoisotopic (exact) mass is 366 g/mol. The summed E-state index contributed by atoms with van der Waals surface area (Å²) in [7, 11) is 0. The molecule has 0 N–H and O–H groups in total. The normalized spacial score (nSPS) is 14.7. The first-order valence-electron chi connectivity index (χ1n) is 7.27. The molecular formula is C16H19BrN2OS. The molecule has 0 radical (unpaired) electrons. The summed E-state index contributed by atoms with van der Waals surface area (Å²) in [5, 5.41) is 2.07. The molecule has 112 valence electrons. The molecule has 5 heteroatoms. The van der Waals surface area contributed by atoms with Gasteiger partial charge in [0.2, 0.25) is 0 Å². The SMILES string of the molecule is CC(C)n1cc(Br)cc1C(=O)N(Cc1cccs1)C1CC1. The van der Waals surface area contributed by atoms with Crippen LogP contribution in [0, 0.1) is 0 Å². The van der Waals surface area contributed by atoms with Crippen molar-refractivity contribution in [3.8, 4) is 0 Å². The number of thiophene rings is 1. The number of carbonyl (C=O) groups is 1. The molecule has 0 unspecified atom stereocenters. The van der Waals surface area contributed by atoms with Crippen LogP contribution in [0.5, 0.6) is 0 Å². The fourth-order valence-corrected chi connectivity index (χ4v) is 3.65. The van der Waals surface area contributed by atoms with Crippen LogP contribution < -0.4 is 0 Å². The average molecular weight is 367 g/mol. The van der Waals surface area contributed by atoms with Gasteiger partial charge in [-0.3, -0.25) is 4.79 Å². The van der Waals surface area contributed by atoms with Crippen molar-refractivity contribution in [3.63, 3.8) is 0 Å². The van der Waals surface area contributed by atoms with Gasteiger partial charge in [0.25, 0.3) is 5.91 Å². The van der Waals surface area contributed by atoms with Gasteiger partial charge < -0.3 is 9.47 Å². The van der Waals surface area contributed by atoms with Gasteiger partial charge in [-0.2, -0.15) is 0 Å². The van der Waals surface area contributed by atoms with Gasteiger partial charge in [0.1, 0.15) is 5.69 Å². The van der Waals surface area contributed by atoms with E-state index >= 15 is 0 Å². The Hall–Kier alpha value is -1.07. The molecule has 2 aromatic rings. The van der Waals surface area contributed by atoms with Gasteiger partial charge in [-0.1, -0.05) is 6.07 Å². The summed E-state index contributed by atoms with van der Waals surface area (Å²) in [5.41, 5.74) is 0.778. The average Bonchev–Trinajstić information content (AvgIpc) is 2.99. The predicted octanol–water partition coefficient (Wildman–Crippen LogP) is 4.70. The van der Waals surface area contributed by atoms with E-state index in [0.717, 1.165) is 29.6 Å². The van der Waals surface area contributed by atoms with Crippen molar-refractivity contribution in [2.75, 3.05) is 0 Å². The zero-order chi connectivity index (χ0) is 15.0. The van der Waals surface area contributed by atoms with Crippen LogP contribution in [0.2, 0.25) is 0 Å². The van der Waals surface area contributed by atoms with Crippen molar-refractivity contribution in [2.45, 2.75) is 45.3 Å². The van der Waals surface area contributed by atoms with Crippen molar-refractivity contribution in [2.24, 2.45) is 0 Å². The highest BCUT2D eigenvalue weighted by atomic mass is 79.9. The molecule has 2 heterocycles. The zero-order valence-corrected chi connectivity index (χ0v) is 14.7. The summed E-state index contributed by atoms with van der Waals surface area (Å²) in [4.78, 5) is 16.3. The van der Waals surface area contributed by atoms with Crippen LogP contribution in [-0.2, 0) is 6.54 Å². The Kier molecular flexibility index (Phi) is 4.22. The number of rotatable bonds is 5. The minimum Gasteiger partial charge on any atom is -0.340 e. The van der Waals surface area contributed by atoms with E-state index in [1.54, 1.807) is 11.3 Å². The second kappa shape index (κ2) is 5.97. The number of amides is 1. The Balaban J connectivity index is 1.87. The lowest BCUT2D eigenvalue weighted by Gasteiger charge is -2.23. The molecule has 3 nitrogen and oxygen atoms in total. The van der Waals surface area contributed by atoms with E-state index in [2.05, 4.69) is 45.8 Å². The molecular weight excluding hydrogens is 348 g/mol. The summed E-state index contributed by atoms with van der Waals surface area (Å²) < 4.78 is 3.02. The Morgan fingerprint density at radius 2 is 2.29 bits per heavy atom. The predicted molar refractivity (Wildman–Crippen MR) is 89.7 cm³/mol. The van der Waals surface area contributed by atoms with E-state index in [-0.39, 0.29) is 11.9 Å². The van der Waals surface area contributed by atoms with Gasteiger partial charge in [0, 0.05) is 27.6 Å². The van der Waals surface area contributed by atoms with Gasteiger partial charge in [0.15, 0.2) is 0 Å². The number of nitrogens with zero attached hydrogens (tertiary/aromatic N) is 2. The first kappa shape index (κ1) is 14.9. The number of halogens is 1. The van der Waals surface area contributed by atoms with Gasteiger partial charge in [-0.25, -0.2) is 0 Å². The number of hydrogen-bond acceptors (Lipinski definition) is 2. The Bertz CT molecular complexity index is 629. The molecule has 0 bridgehead atoms. The van der Waals surface area contributed by atoms with Crippen molar-refractivity contribution in [1.82, 2.24) is 9.47 Å². The molecule has 1 aliphatic carbocycles. The smallest absolute Gasteiger partial charge is 0.271 e. The summed E-state index contributed by atoms with van der Waals surface area (Å²) >= 11 is 5.21. The number of hydrogen-bond donors (Lipinski definition) is 0. The molecule has 0 aliphatic heterocycles. The standard InChI is InChI=1S/C16H19BrN2OS/c1-11(2)18-9-12(17)8-15(18)16(20)19(13-5-6-13)10-14-4-3-7-21-14/h3-4,7-9,11,13H,5-6,10H2,1-2H3. The summed E-state index contributed by atoms with van der Waals surface area (Å²) in [6, 6.07) is 6.77. The fourth-order valence-electron chi connectivity index (χ4n) is 2.51. The largest absolute Gasteiger partial charge is 0.340 e. The third-order valence-electron chi connectivity index (χ3n) is 3.75. The third kappa shape index (κ3) is 3.24. The van der Waals surface area contributed by atoms with Crippen molar-refractivity contribution in [1.29, 1.82) is 0 Å². The second-order valence-electron chi connectivity index (χ2n) is 5.79. The molecule has 0 atom stereocenters. The summed E-state index contributed by atoms with van der Waals surface area (Å²) in [5.74, 6) is 0.144. The van der Waals surface area contributed by atoms with Crippen LogP contribution in [0.15, 0.2) is 34.2 Å². The zero-order valence-electron chi connectivity index (χ0n) is 12.3. The fraction of sp³-hybridized carbons (Fsp3) is 0.438. The maximum atomic E-state index is 13.0. The van der Waals surface area contributed by atoms with Crippen LogP contribution in [0.1, 0.15) is 48.1 Å². The Labute approximate surface area is 137 Å². The third-order valence-corrected chi connectivity index (χ3v) is 5.04. The molecule has 1 aliphatic rings. The Morgan fingerprint density at radius 1 is 1.52 bits per heavy atom. The molecule has 1 saturated carbocycles. The molecule has 0 aromatic carbocycles. The van der Waals surface area contributed by atoms with E-state index in [9.17, 15) is 4.79 Å². The lowest BCUT2D eigenvalue weighted by molar-refractivity contribution is 0.0719. The van der Waals surface area contributed by atoms with Crippen LogP contribution >= 0.6 is 27.3 Å². The number of aromatic nitrogens is 1. The molecule has 0 spiro atoms. The van der Waals surface area contributed by atoms with E-state index in [1.807, 2.05) is 23.2 Å². The number of carbonyl (C=O) groups excluding carboxylic acids is 1. The van der Waals surface area contributed by atoms with Crippen molar-refractivity contribution >= 4 is 33.2 Å². The first-order chi connectivity index (χ1) is 10.1. The molecule has 3 rings (SSSR count). The van der Waals surface area contributed by atoms with E-state index in [4.69, 9.17) is 0 Å². The van der Waals surface area contributed by atoms with Crippen LogP contribution in [0.3, 0.4) is 0 Å². The topological polar surface area (TPSA) is 25.2 Å².